The van der Waals surface area contributed by atoms with E-state index >= 15 is 0 Å². The number of aromatic amines is 1. The van der Waals surface area contributed by atoms with E-state index in [9.17, 15) is 4.79 Å². The topological polar surface area (TPSA) is 55.0 Å². The highest BCUT2D eigenvalue weighted by Crippen LogP contribution is 2.34. The number of carbonyl (C=O) groups excluding carboxylic acids is 1. The van der Waals surface area contributed by atoms with Crippen molar-refractivity contribution in [3.63, 3.8) is 0 Å². The van der Waals surface area contributed by atoms with Crippen LogP contribution in [0, 0.1) is 20.8 Å². The smallest absolute Gasteiger partial charge is 0.168 e. The van der Waals surface area contributed by atoms with Crippen molar-refractivity contribution in [2.75, 3.05) is 7.11 Å². The lowest BCUT2D eigenvalue weighted by atomic mass is 9.94. The number of aromatic nitrogens is 2. The molecule has 0 saturated heterocycles. The minimum absolute atomic E-state index is 0.505. The number of carbonyl (C=O) groups is 1. The number of aryl methyl sites for hydroxylation is 1. The van der Waals surface area contributed by atoms with Crippen molar-refractivity contribution in [2.24, 2.45) is 0 Å². The number of methoxy groups -OCH3 is 1. The van der Waals surface area contributed by atoms with Gasteiger partial charge in [-0.3, -0.25) is 4.79 Å². The number of H-pyrrole nitrogens is 1. The zero-order chi connectivity index (χ0) is 13.3. The first-order chi connectivity index (χ1) is 8.60. The minimum atomic E-state index is 0.505. The van der Waals surface area contributed by atoms with Crippen molar-refractivity contribution in [2.45, 2.75) is 20.8 Å². The number of imidazole rings is 1. The molecule has 1 heterocycles. The van der Waals surface area contributed by atoms with E-state index < -0.39 is 0 Å². The molecule has 0 saturated carbocycles. The summed E-state index contributed by atoms with van der Waals surface area (Å²) >= 11 is 0. The fourth-order valence-corrected chi connectivity index (χ4v) is 2.21. The van der Waals surface area contributed by atoms with Gasteiger partial charge in [0.25, 0.3) is 0 Å². The van der Waals surface area contributed by atoms with Crippen LogP contribution in [0.3, 0.4) is 0 Å². The molecule has 18 heavy (non-hydrogen) atoms. The maximum absolute atomic E-state index is 11.0. The highest BCUT2D eigenvalue weighted by Gasteiger charge is 2.16. The van der Waals surface area contributed by atoms with Gasteiger partial charge >= 0.3 is 0 Å². The summed E-state index contributed by atoms with van der Waals surface area (Å²) in [4.78, 5) is 18.1. The van der Waals surface area contributed by atoms with Gasteiger partial charge in [-0.2, -0.15) is 0 Å². The lowest BCUT2D eigenvalue weighted by molar-refractivity contribution is 0.112. The summed E-state index contributed by atoms with van der Waals surface area (Å²) in [5.41, 5.74) is 5.40. The van der Waals surface area contributed by atoms with Gasteiger partial charge in [0.15, 0.2) is 6.29 Å². The van der Waals surface area contributed by atoms with Gasteiger partial charge in [0.2, 0.25) is 0 Å². The molecule has 1 aromatic carbocycles. The second-order valence-electron chi connectivity index (χ2n) is 4.30. The van der Waals surface area contributed by atoms with Gasteiger partial charge in [-0.25, -0.2) is 4.98 Å². The van der Waals surface area contributed by atoms with E-state index in [0.29, 0.717) is 11.4 Å². The summed E-state index contributed by atoms with van der Waals surface area (Å²) in [6.07, 6.45) is 2.33. The van der Waals surface area contributed by atoms with Crippen molar-refractivity contribution in [3.05, 3.63) is 34.8 Å². The summed E-state index contributed by atoms with van der Waals surface area (Å²) in [6.45, 7) is 6.02. The summed E-state index contributed by atoms with van der Waals surface area (Å²) < 4.78 is 5.34. The number of hydrogen-bond donors (Lipinski definition) is 1. The Hall–Kier alpha value is -2.10. The van der Waals surface area contributed by atoms with E-state index in [1.165, 1.54) is 6.33 Å². The van der Waals surface area contributed by atoms with Crippen LogP contribution in [0.15, 0.2) is 12.4 Å². The van der Waals surface area contributed by atoms with Gasteiger partial charge in [-0.1, -0.05) is 0 Å². The quantitative estimate of drug-likeness (QED) is 0.845. The van der Waals surface area contributed by atoms with Crippen LogP contribution < -0.4 is 4.74 Å². The lowest BCUT2D eigenvalue weighted by Gasteiger charge is -2.15. The second kappa shape index (κ2) is 4.64. The number of nitrogens with zero attached hydrogens (tertiary/aromatic N) is 1. The molecule has 0 aliphatic heterocycles. The molecule has 4 heteroatoms. The minimum Gasteiger partial charge on any atom is -0.496 e. The molecule has 0 unspecified atom stereocenters. The second-order valence-corrected chi connectivity index (χ2v) is 4.30. The standard InChI is InChI=1S/C14H16N2O2/c1-8-5-12(18-4)9(2)10(3)13(8)14-11(6-17)15-7-16-14/h5-7H,1-4H3,(H,15,16). The van der Waals surface area contributed by atoms with Crippen LogP contribution in [-0.4, -0.2) is 23.4 Å². The Labute approximate surface area is 106 Å². The number of ether oxygens (including phenoxy) is 1. The van der Waals surface area contributed by atoms with E-state index in [0.717, 1.165) is 34.3 Å². The molecule has 0 aliphatic rings. The van der Waals surface area contributed by atoms with Crippen LogP contribution >= 0.6 is 0 Å². The first kappa shape index (κ1) is 12.4. The first-order valence-corrected chi connectivity index (χ1v) is 5.73. The molecule has 0 spiro atoms. The largest absolute Gasteiger partial charge is 0.496 e. The van der Waals surface area contributed by atoms with Gasteiger partial charge in [-0.15, -0.1) is 0 Å². The van der Waals surface area contributed by atoms with Crippen LogP contribution in [-0.2, 0) is 0 Å². The third kappa shape index (κ3) is 1.79. The number of nitrogens with one attached hydrogen (secondary N) is 1. The number of benzene rings is 1. The summed E-state index contributed by atoms with van der Waals surface area (Å²) in [6, 6.07) is 1.97. The molecule has 0 radical (unpaired) electrons. The van der Waals surface area contributed by atoms with Gasteiger partial charge < -0.3 is 9.72 Å². The molecule has 2 aromatic rings. The summed E-state index contributed by atoms with van der Waals surface area (Å²) in [5.74, 6) is 0.858. The average molecular weight is 244 g/mol. The highest BCUT2D eigenvalue weighted by atomic mass is 16.5. The fourth-order valence-electron chi connectivity index (χ4n) is 2.21. The van der Waals surface area contributed by atoms with E-state index in [-0.39, 0.29) is 0 Å². The first-order valence-electron chi connectivity index (χ1n) is 5.73. The number of hydrogen-bond acceptors (Lipinski definition) is 3. The van der Waals surface area contributed by atoms with Crippen molar-refractivity contribution < 1.29 is 9.53 Å². The van der Waals surface area contributed by atoms with Gasteiger partial charge in [-0.05, 0) is 43.5 Å². The third-order valence-corrected chi connectivity index (χ3v) is 3.29. The zero-order valence-corrected chi connectivity index (χ0v) is 11.0. The molecule has 94 valence electrons. The van der Waals surface area contributed by atoms with Crippen LogP contribution in [0.1, 0.15) is 27.2 Å². The van der Waals surface area contributed by atoms with E-state index in [1.54, 1.807) is 7.11 Å². The Morgan fingerprint density at radius 1 is 1.28 bits per heavy atom. The van der Waals surface area contributed by atoms with E-state index in [2.05, 4.69) is 9.97 Å². The van der Waals surface area contributed by atoms with Crippen molar-refractivity contribution in [1.29, 1.82) is 0 Å². The molecular formula is C14H16N2O2. The maximum Gasteiger partial charge on any atom is 0.168 e. The molecule has 0 aliphatic carbocycles. The molecule has 1 N–H and O–H groups in total. The van der Waals surface area contributed by atoms with Crippen LogP contribution in [0.5, 0.6) is 5.75 Å². The summed E-state index contributed by atoms with van der Waals surface area (Å²) in [7, 11) is 1.66. The lowest BCUT2D eigenvalue weighted by Crippen LogP contribution is -1.98. The number of rotatable bonds is 3. The summed E-state index contributed by atoms with van der Waals surface area (Å²) in [5, 5.41) is 0. The fraction of sp³-hybridized carbons (Fsp3) is 0.286. The van der Waals surface area contributed by atoms with Crippen molar-refractivity contribution >= 4 is 6.29 Å². The Morgan fingerprint density at radius 3 is 2.61 bits per heavy atom. The predicted molar refractivity (Wildman–Crippen MR) is 70.2 cm³/mol. The Bertz CT molecular complexity index is 600. The van der Waals surface area contributed by atoms with Crippen LogP contribution in [0.25, 0.3) is 11.3 Å². The van der Waals surface area contributed by atoms with Gasteiger partial charge in [0.1, 0.15) is 11.4 Å². The molecule has 2 rings (SSSR count). The number of aldehydes is 1. The SMILES string of the molecule is COc1cc(C)c(-c2nc[nH]c2C=O)c(C)c1C. The van der Waals surface area contributed by atoms with Crippen molar-refractivity contribution in [1.82, 2.24) is 9.97 Å². The molecular weight excluding hydrogens is 228 g/mol. The van der Waals surface area contributed by atoms with Gasteiger partial charge in [0.05, 0.1) is 19.1 Å². The molecule has 1 aromatic heterocycles. The zero-order valence-electron chi connectivity index (χ0n) is 11.0. The third-order valence-electron chi connectivity index (χ3n) is 3.29. The highest BCUT2D eigenvalue weighted by molar-refractivity contribution is 5.86. The normalized spacial score (nSPS) is 10.4. The average Bonchev–Trinajstić information content (AvgIpc) is 2.82. The predicted octanol–water partition coefficient (Wildman–Crippen LogP) is 2.82. The maximum atomic E-state index is 11.0. The van der Waals surface area contributed by atoms with Crippen molar-refractivity contribution in [3.8, 4) is 17.0 Å². The molecule has 0 amide bonds. The van der Waals surface area contributed by atoms with E-state index in [4.69, 9.17) is 4.74 Å². The van der Waals surface area contributed by atoms with Crippen LogP contribution in [0.2, 0.25) is 0 Å². The van der Waals surface area contributed by atoms with Gasteiger partial charge in [0, 0.05) is 5.56 Å². The monoisotopic (exact) mass is 244 g/mol. The van der Waals surface area contributed by atoms with E-state index in [1.807, 2.05) is 26.8 Å². The Kier molecular flexibility index (Phi) is 3.19. The Morgan fingerprint density at radius 2 is 2.00 bits per heavy atom. The molecule has 0 atom stereocenters. The van der Waals surface area contributed by atoms with Crippen LogP contribution in [0.4, 0.5) is 0 Å². The molecule has 0 bridgehead atoms. The Balaban J connectivity index is 2.73. The molecule has 0 fully saturated rings. The molecule has 4 nitrogen and oxygen atoms in total.